The number of nitrogens with one attached hydrogen (secondary N) is 1. The Kier molecular flexibility index (Phi) is 5.03. The minimum atomic E-state index is 0.531. The van der Waals surface area contributed by atoms with Gasteiger partial charge in [0.1, 0.15) is 0 Å². The average Bonchev–Trinajstić information content (AvgIpc) is 3.04. The van der Waals surface area contributed by atoms with Crippen molar-refractivity contribution in [2.45, 2.75) is 45.1 Å². The summed E-state index contributed by atoms with van der Waals surface area (Å²) in [7, 11) is 0. The molecule has 112 valence electrons. The molecule has 2 heterocycles. The van der Waals surface area contributed by atoms with Gasteiger partial charge in [0, 0.05) is 17.5 Å². The lowest BCUT2D eigenvalue weighted by molar-refractivity contribution is 0.275. The van der Waals surface area contributed by atoms with Crippen LogP contribution in [0.4, 0.5) is 0 Å². The summed E-state index contributed by atoms with van der Waals surface area (Å²) in [5, 5.41) is 3.79. The van der Waals surface area contributed by atoms with E-state index in [-0.39, 0.29) is 0 Å². The molecular formula is C16H25ClN2S. The highest BCUT2D eigenvalue weighted by atomic mass is 35.5. The second kappa shape index (κ2) is 6.78. The lowest BCUT2D eigenvalue weighted by Gasteiger charge is -2.27. The van der Waals surface area contributed by atoms with Crippen molar-refractivity contribution in [1.29, 1.82) is 0 Å². The number of likely N-dealkylation sites (tertiary alicyclic amines) is 1. The van der Waals surface area contributed by atoms with Crippen molar-refractivity contribution >= 4 is 22.9 Å². The zero-order chi connectivity index (χ0) is 13.9. The predicted molar refractivity (Wildman–Crippen MR) is 87.8 cm³/mol. The van der Waals surface area contributed by atoms with Crippen LogP contribution in [0.2, 0.25) is 4.34 Å². The van der Waals surface area contributed by atoms with Gasteiger partial charge >= 0.3 is 0 Å². The number of thiophene rings is 1. The Morgan fingerprint density at radius 2 is 2.20 bits per heavy atom. The first-order valence-electron chi connectivity index (χ1n) is 7.96. The predicted octanol–water partition coefficient (Wildman–Crippen LogP) is 4.10. The Labute approximate surface area is 131 Å². The Morgan fingerprint density at radius 3 is 3.00 bits per heavy atom. The Bertz CT molecular complexity index is 440. The summed E-state index contributed by atoms with van der Waals surface area (Å²) in [6.45, 7) is 7.34. The first-order valence-corrected chi connectivity index (χ1v) is 9.15. The molecule has 1 aromatic rings. The summed E-state index contributed by atoms with van der Waals surface area (Å²) in [5.41, 5.74) is 1.47. The number of hydrogen-bond acceptors (Lipinski definition) is 3. The highest BCUT2D eigenvalue weighted by Gasteiger charge is 2.23. The van der Waals surface area contributed by atoms with E-state index >= 15 is 0 Å². The SMILES string of the molecule is CC(CNC1CCCc2sc(Cl)cc21)CN1CCCC1. The summed E-state index contributed by atoms with van der Waals surface area (Å²) in [6, 6.07) is 2.72. The molecule has 1 N–H and O–H groups in total. The van der Waals surface area contributed by atoms with Gasteiger partial charge in [-0.1, -0.05) is 18.5 Å². The molecule has 2 nitrogen and oxygen atoms in total. The summed E-state index contributed by atoms with van der Waals surface area (Å²) in [6.07, 6.45) is 6.55. The molecule has 0 spiro atoms. The molecule has 0 radical (unpaired) electrons. The summed E-state index contributed by atoms with van der Waals surface area (Å²) in [5.74, 6) is 0.729. The number of fused-ring (bicyclic) bond motifs is 1. The maximum absolute atomic E-state index is 6.18. The van der Waals surface area contributed by atoms with E-state index < -0.39 is 0 Å². The van der Waals surface area contributed by atoms with E-state index in [4.69, 9.17) is 11.6 Å². The molecule has 0 bridgehead atoms. The van der Waals surface area contributed by atoms with E-state index in [1.54, 1.807) is 11.3 Å². The van der Waals surface area contributed by atoms with Crippen LogP contribution in [-0.2, 0) is 6.42 Å². The second-order valence-electron chi connectivity index (χ2n) is 6.39. The molecule has 0 aromatic carbocycles. The van der Waals surface area contributed by atoms with Gasteiger partial charge < -0.3 is 10.2 Å². The monoisotopic (exact) mass is 312 g/mol. The van der Waals surface area contributed by atoms with Crippen molar-refractivity contribution in [3.63, 3.8) is 0 Å². The van der Waals surface area contributed by atoms with Crippen LogP contribution in [0.25, 0.3) is 0 Å². The zero-order valence-corrected chi connectivity index (χ0v) is 13.9. The fourth-order valence-electron chi connectivity index (χ4n) is 3.55. The Hall–Kier alpha value is -0.0900. The number of nitrogens with zero attached hydrogens (tertiary/aromatic N) is 1. The molecule has 0 amide bonds. The van der Waals surface area contributed by atoms with Gasteiger partial charge in [-0.3, -0.25) is 0 Å². The molecule has 4 heteroatoms. The maximum atomic E-state index is 6.18. The van der Waals surface area contributed by atoms with Crippen LogP contribution in [0.15, 0.2) is 6.07 Å². The standard InChI is InChI=1S/C16H25ClN2S/c1-12(11-19-7-2-3-8-19)10-18-14-5-4-6-15-13(14)9-16(17)20-15/h9,12,14,18H,2-8,10-11H2,1H3. The first kappa shape index (κ1) is 14.8. The molecule has 1 aliphatic heterocycles. The number of hydrogen-bond donors (Lipinski definition) is 1. The lowest BCUT2D eigenvalue weighted by atomic mass is 9.93. The topological polar surface area (TPSA) is 15.3 Å². The quantitative estimate of drug-likeness (QED) is 0.880. The Balaban J connectivity index is 1.51. The molecule has 1 saturated heterocycles. The van der Waals surface area contributed by atoms with E-state index in [1.807, 2.05) is 0 Å². The molecule has 2 atom stereocenters. The fourth-order valence-corrected chi connectivity index (χ4v) is 4.93. The molecule has 20 heavy (non-hydrogen) atoms. The Morgan fingerprint density at radius 1 is 1.40 bits per heavy atom. The van der Waals surface area contributed by atoms with Gasteiger partial charge in [-0.25, -0.2) is 0 Å². The third-order valence-corrected chi connectivity index (χ3v) is 5.90. The van der Waals surface area contributed by atoms with Crippen molar-refractivity contribution in [3.8, 4) is 0 Å². The molecule has 3 rings (SSSR count). The van der Waals surface area contributed by atoms with Crippen LogP contribution in [-0.4, -0.2) is 31.1 Å². The van der Waals surface area contributed by atoms with Crippen molar-refractivity contribution in [3.05, 3.63) is 20.8 Å². The van der Waals surface area contributed by atoms with E-state index in [9.17, 15) is 0 Å². The zero-order valence-electron chi connectivity index (χ0n) is 12.3. The number of rotatable bonds is 5. The van der Waals surface area contributed by atoms with Gasteiger partial charge in [-0.2, -0.15) is 0 Å². The van der Waals surface area contributed by atoms with E-state index in [0.717, 1.165) is 16.8 Å². The van der Waals surface area contributed by atoms with Gasteiger partial charge in [0.25, 0.3) is 0 Å². The molecule has 2 unspecified atom stereocenters. The van der Waals surface area contributed by atoms with Crippen LogP contribution in [0.1, 0.15) is 49.1 Å². The van der Waals surface area contributed by atoms with Crippen LogP contribution < -0.4 is 5.32 Å². The maximum Gasteiger partial charge on any atom is 0.0934 e. The summed E-state index contributed by atoms with van der Waals surface area (Å²) in [4.78, 5) is 4.12. The van der Waals surface area contributed by atoms with Gasteiger partial charge in [-0.15, -0.1) is 11.3 Å². The number of aryl methyl sites for hydroxylation is 1. The number of halogens is 1. The van der Waals surface area contributed by atoms with Crippen LogP contribution >= 0.6 is 22.9 Å². The minimum absolute atomic E-state index is 0.531. The fraction of sp³-hybridized carbons (Fsp3) is 0.750. The molecule has 1 fully saturated rings. The molecule has 0 saturated carbocycles. The van der Waals surface area contributed by atoms with Crippen molar-refractivity contribution < 1.29 is 0 Å². The smallest absolute Gasteiger partial charge is 0.0934 e. The highest BCUT2D eigenvalue weighted by Crippen LogP contribution is 2.37. The third kappa shape index (κ3) is 3.56. The second-order valence-corrected chi connectivity index (χ2v) is 8.16. The van der Waals surface area contributed by atoms with E-state index in [2.05, 4.69) is 23.2 Å². The van der Waals surface area contributed by atoms with Gasteiger partial charge in [-0.05, 0) is 69.3 Å². The third-order valence-electron chi connectivity index (χ3n) is 4.56. The normalized spacial score (nSPS) is 24.8. The molecule has 2 aliphatic rings. The molecule has 1 aliphatic carbocycles. The highest BCUT2D eigenvalue weighted by molar-refractivity contribution is 7.16. The molecule has 1 aromatic heterocycles. The minimum Gasteiger partial charge on any atom is -0.310 e. The lowest BCUT2D eigenvalue weighted by Crippen LogP contribution is -2.34. The van der Waals surface area contributed by atoms with E-state index in [0.29, 0.717) is 6.04 Å². The summed E-state index contributed by atoms with van der Waals surface area (Å²) < 4.78 is 0.953. The van der Waals surface area contributed by atoms with Crippen LogP contribution in [0, 0.1) is 5.92 Å². The van der Waals surface area contributed by atoms with Gasteiger partial charge in [0.05, 0.1) is 4.34 Å². The van der Waals surface area contributed by atoms with Gasteiger partial charge in [0.2, 0.25) is 0 Å². The summed E-state index contributed by atoms with van der Waals surface area (Å²) >= 11 is 7.95. The van der Waals surface area contributed by atoms with E-state index in [1.165, 1.54) is 62.2 Å². The van der Waals surface area contributed by atoms with Crippen molar-refractivity contribution in [2.24, 2.45) is 5.92 Å². The van der Waals surface area contributed by atoms with Crippen molar-refractivity contribution in [2.75, 3.05) is 26.2 Å². The van der Waals surface area contributed by atoms with Crippen LogP contribution in [0.5, 0.6) is 0 Å². The average molecular weight is 313 g/mol. The van der Waals surface area contributed by atoms with Crippen LogP contribution in [0.3, 0.4) is 0 Å². The largest absolute Gasteiger partial charge is 0.310 e. The molecular weight excluding hydrogens is 288 g/mol. The van der Waals surface area contributed by atoms with Crippen molar-refractivity contribution in [1.82, 2.24) is 10.2 Å². The van der Waals surface area contributed by atoms with Gasteiger partial charge in [0.15, 0.2) is 0 Å². The first-order chi connectivity index (χ1) is 9.72.